The van der Waals surface area contributed by atoms with Crippen LogP contribution in [0.1, 0.15) is 36.5 Å². The molecule has 0 amide bonds. The van der Waals surface area contributed by atoms with Crippen LogP contribution in [0.3, 0.4) is 0 Å². The van der Waals surface area contributed by atoms with Gasteiger partial charge in [0.15, 0.2) is 0 Å². The van der Waals surface area contributed by atoms with Crippen LogP contribution >= 0.6 is 0 Å². The van der Waals surface area contributed by atoms with E-state index in [1.165, 1.54) is 4.31 Å². The molecule has 152 valence electrons. The molecule has 1 aromatic carbocycles. The van der Waals surface area contributed by atoms with Gasteiger partial charge < -0.3 is 10.4 Å². The van der Waals surface area contributed by atoms with Gasteiger partial charge in [0.25, 0.3) is 0 Å². The lowest BCUT2D eigenvalue weighted by Gasteiger charge is -2.26. The largest absolute Gasteiger partial charge is 0.387 e. The second kappa shape index (κ2) is 9.97. The highest BCUT2D eigenvalue weighted by atomic mass is 32.2. The van der Waals surface area contributed by atoms with Crippen molar-refractivity contribution >= 4 is 15.9 Å². The first-order valence-electron chi connectivity index (χ1n) is 9.70. The van der Waals surface area contributed by atoms with Crippen LogP contribution in [0.2, 0.25) is 0 Å². The molecule has 2 heterocycles. The van der Waals surface area contributed by atoms with Crippen molar-refractivity contribution in [2.75, 3.05) is 30.9 Å². The van der Waals surface area contributed by atoms with Gasteiger partial charge in [0.1, 0.15) is 0 Å². The minimum atomic E-state index is -3.47. The SMILES string of the molecule is O=S(=O)(Nc1ccc(CCNC[C@H](O)c2cccnc2)cc1)N1CCCCC1. The van der Waals surface area contributed by atoms with Crippen molar-refractivity contribution < 1.29 is 13.5 Å². The summed E-state index contributed by atoms with van der Waals surface area (Å²) in [6, 6.07) is 11.1. The minimum Gasteiger partial charge on any atom is -0.387 e. The number of aliphatic hydroxyl groups excluding tert-OH is 1. The van der Waals surface area contributed by atoms with Crippen molar-refractivity contribution in [2.45, 2.75) is 31.8 Å². The van der Waals surface area contributed by atoms with Crippen LogP contribution in [-0.2, 0) is 16.6 Å². The number of hydrogen-bond acceptors (Lipinski definition) is 5. The van der Waals surface area contributed by atoms with Gasteiger partial charge >= 0.3 is 10.2 Å². The Kier molecular flexibility index (Phi) is 7.38. The molecule has 1 atom stereocenters. The predicted molar refractivity (Wildman–Crippen MR) is 110 cm³/mol. The lowest BCUT2D eigenvalue weighted by molar-refractivity contribution is 0.174. The van der Waals surface area contributed by atoms with Crippen molar-refractivity contribution in [1.29, 1.82) is 0 Å². The fraction of sp³-hybridized carbons (Fsp3) is 0.450. The number of nitrogens with one attached hydrogen (secondary N) is 2. The zero-order valence-electron chi connectivity index (χ0n) is 15.9. The number of nitrogens with zero attached hydrogens (tertiary/aromatic N) is 2. The normalized spacial score (nSPS) is 16.6. The lowest BCUT2D eigenvalue weighted by atomic mass is 10.1. The topological polar surface area (TPSA) is 94.6 Å². The van der Waals surface area contributed by atoms with Gasteiger partial charge in [-0.25, -0.2) is 0 Å². The average molecular weight is 405 g/mol. The van der Waals surface area contributed by atoms with E-state index in [2.05, 4.69) is 15.0 Å². The first-order chi connectivity index (χ1) is 13.5. The molecular formula is C20H28N4O3S. The monoisotopic (exact) mass is 404 g/mol. The van der Waals surface area contributed by atoms with Crippen molar-refractivity contribution in [1.82, 2.24) is 14.6 Å². The first-order valence-corrected chi connectivity index (χ1v) is 11.1. The number of aliphatic hydroxyl groups is 1. The fourth-order valence-electron chi connectivity index (χ4n) is 3.22. The van der Waals surface area contributed by atoms with Crippen molar-refractivity contribution in [3.63, 3.8) is 0 Å². The summed E-state index contributed by atoms with van der Waals surface area (Å²) >= 11 is 0. The molecule has 0 radical (unpaired) electrons. The molecule has 0 bridgehead atoms. The number of anilines is 1. The Bertz CT molecular complexity index is 822. The molecule has 1 aliphatic heterocycles. The number of benzene rings is 1. The van der Waals surface area contributed by atoms with Gasteiger partial charge in [0.05, 0.1) is 6.10 Å². The molecule has 0 aliphatic carbocycles. The summed E-state index contributed by atoms with van der Waals surface area (Å²) in [5.41, 5.74) is 2.47. The number of aromatic nitrogens is 1. The molecule has 28 heavy (non-hydrogen) atoms. The molecule has 0 spiro atoms. The van der Waals surface area contributed by atoms with Gasteiger partial charge in [-0.3, -0.25) is 9.71 Å². The highest BCUT2D eigenvalue weighted by Gasteiger charge is 2.23. The Balaban J connectivity index is 1.43. The number of piperidine rings is 1. The Labute approximate surface area is 167 Å². The zero-order valence-corrected chi connectivity index (χ0v) is 16.7. The maximum absolute atomic E-state index is 12.4. The summed E-state index contributed by atoms with van der Waals surface area (Å²) in [6.45, 7) is 2.35. The van der Waals surface area contributed by atoms with Gasteiger partial charge in [-0.1, -0.05) is 24.6 Å². The second-order valence-corrected chi connectivity index (χ2v) is 8.69. The molecule has 8 heteroatoms. The van der Waals surface area contributed by atoms with Crippen LogP contribution in [0.25, 0.3) is 0 Å². The Morgan fingerprint density at radius 2 is 1.86 bits per heavy atom. The zero-order chi connectivity index (χ0) is 19.8. The summed E-state index contributed by atoms with van der Waals surface area (Å²) < 4.78 is 29.0. The lowest BCUT2D eigenvalue weighted by Crippen LogP contribution is -2.39. The first kappa shape index (κ1) is 20.7. The van der Waals surface area contributed by atoms with Crippen LogP contribution in [0, 0.1) is 0 Å². The van der Waals surface area contributed by atoms with E-state index in [-0.39, 0.29) is 0 Å². The van der Waals surface area contributed by atoms with Crippen molar-refractivity contribution in [3.8, 4) is 0 Å². The van der Waals surface area contributed by atoms with E-state index in [1.54, 1.807) is 30.6 Å². The average Bonchev–Trinajstić information content (AvgIpc) is 2.73. The second-order valence-electron chi connectivity index (χ2n) is 7.02. The summed E-state index contributed by atoms with van der Waals surface area (Å²) in [4.78, 5) is 4.01. The predicted octanol–water partition coefficient (Wildman–Crippen LogP) is 2.09. The van der Waals surface area contributed by atoms with E-state index in [9.17, 15) is 13.5 Å². The van der Waals surface area contributed by atoms with Gasteiger partial charge in [-0.2, -0.15) is 12.7 Å². The van der Waals surface area contributed by atoms with Crippen LogP contribution in [-0.4, -0.2) is 49.0 Å². The molecular weight excluding hydrogens is 376 g/mol. The van der Waals surface area contributed by atoms with E-state index in [0.717, 1.165) is 43.4 Å². The third-order valence-corrected chi connectivity index (χ3v) is 6.39. The molecule has 1 aromatic heterocycles. The molecule has 0 unspecified atom stereocenters. The smallest absolute Gasteiger partial charge is 0.301 e. The highest BCUT2D eigenvalue weighted by molar-refractivity contribution is 7.90. The quantitative estimate of drug-likeness (QED) is 0.557. The maximum atomic E-state index is 12.4. The van der Waals surface area contributed by atoms with E-state index < -0.39 is 16.3 Å². The molecule has 3 N–H and O–H groups in total. The summed E-state index contributed by atoms with van der Waals surface area (Å²) in [7, 11) is -3.47. The maximum Gasteiger partial charge on any atom is 0.301 e. The third kappa shape index (κ3) is 6.00. The Morgan fingerprint density at radius 1 is 1.11 bits per heavy atom. The molecule has 2 aromatic rings. The van der Waals surface area contributed by atoms with Crippen LogP contribution in [0.15, 0.2) is 48.8 Å². The van der Waals surface area contributed by atoms with E-state index in [1.807, 2.05) is 18.2 Å². The summed E-state index contributed by atoms with van der Waals surface area (Å²) in [5.74, 6) is 0. The van der Waals surface area contributed by atoms with Crippen molar-refractivity contribution in [2.24, 2.45) is 0 Å². The summed E-state index contributed by atoms with van der Waals surface area (Å²) in [5, 5.41) is 13.3. The fourth-order valence-corrected chi connectivity index (χ4v) is 4.52. The van der Waals surface area contributed by atoms with Gasteiger partial charge in [0, 0.05) is 43.3 Å². The van der Waals surface area contributed by atoms with Gasteiger partial charge in [0.2, 0.25) is 0 Å². The van der Waals surface area contributed by atoms with Crippen LogP contribution < -0.4 is 10.0 Å². The van der Waals surface area contributed by atoms with Crippen LogP contribution in [0.4, 0.5) is 5.69 Å². The van der Waals surface area contributed by atoms with E-state index >= 15 is 0 Å². The number of hydrogen-bond donors (Lipinski definition) is 3. The Hall–Kier alpha value is -2.00. The standard InChI is InChI=1S/C20H28N4O3S/c25-20(18-5-4-11-21-15-18)16-22-12-10-17-6-8-19(9-7-17)23-28(26,27)24-13-2-1-3-14-24/h4-9,11,15,20,22-23,25H,1-3,10,12-14,16H2/t20-/m0/s1. The number of rotatable bonds is 9. The van der Waals surface area contributed by atoms with Crippen molar-refractivity contribution in [3.05, 3.63) is 59.9 Å². The molecule has 7 nitrogen and oxygen atoms in total. The molecule has 1 saturated heterocycles. The van der Waals surface area contributed by atoms with Gasteiger partial charge in [-0.15, -0.1) is 0 Å². The third-order valence-electron chi connectivity index (χ3n) is 4.85. The van der Waals surface area contributed by atoms with Crippen LogP contribution in [0.5, 0.6) is 0 Å². The minimum absolute atomic E-state index is 0.458. The van der Waals surface area contributed by atoms with E-state index in [0.29, 0.717) is 25.3 Å². The van der Waals surface area contributed by atoms with E-state index in [4.69, 9.17) is 0 Å². The number of pyridine rings is 1. The molecule has 1 fully saturated rings. The highest BCUT2D eigenvalue weighted by Crippen LogP contribution is 2.17. The molecule has 3 rings (SSSR count). The molecule has 0 saturated carbocycles. The van der Waals surface area contributed by atoms with Gasteiger partial charge in [-0.05, 0) is 49.6 Å². The summed E-state index contributed by atoms with van der Waals surface area (Å²) in [6.07, 6.45) is 6.48. The Morgan fingerprint density at radius 3 is 2.54 bits per heavy atom. The molecule has 1 aliphatic rings.